The molecule has 2 N–H and O–H groups in total. The Kier molecular flexibility index (Phi) is 3.80. The monoisotopic (exact) mass is 311 g/mol. The molecule has 0 saturated carbocycles. The Labute approximate surface area is 132 Å². The van der Waals surface area contributed by atoms with Crippen molar-refractivity contribution >= 4 is 11.6 Å². The number of nitrogens with zero attached hydrogens (tertiary/aromatic N) is 2. The number of phenols is 1. The number of rotatable bonds is 3. The average molecular weight is 311 g/mol. The Hall–Kier alpha value is -3.15. The van der Waals surface area contributed by atoms with Gasteiger partial charge in [-0.25, -0.2) is 9.37 Å². The van der Waals surface area contributed by atoms with Crippen molar-refractivity contribution in [2.75, 3.05) is 5.32 Å². The van der Waals surface area contributed by atoms with Crippen LogP contribution in [0.25, 0.3) is 5.69 Å². The second-order valence-corrected chi connectivity index (χ2v) is 5.10. The third-order valence-electron chi connectivity index (χ3n) is 3.38. The van der Waals surface area contributed by atoms with Gasteiger partial charge < -0.3 is 10.4 Å². The lowest BCUT2D eigenvalue weighted by atomic mass is 10.2. The lowest BCUT2D eigenvalue weighted by Gasteiger charge is -2.10. The first-order chi connectivity index (χ1) is 11.0. The summed E-state index contributed by atoms with van der Waals surface area (Å²) in [7, 11) is 0. The molecule has 1 aromatic heterocycles. The van der Waals surface area contributed by atoms with Gasteiger partial charge in [0.2, 0.25) is 0 Å². The molecular weight excluding hydrogens is 297 g/mol. The van der Waals surface area contributed by atoms with Crippen molar-refractivity contribution in [3.05, 3.63) is 72.1 Å². The van der Waals surface area contributed by atoms with Crippen molar-refractivity contribution in [2.45, 2.75) is 6.92 Å². The Morgan fingerprint density at radius 3 is 2.65 bits per heavy atom. The third-order valence-corrected chi connectivity index (χ3v) is 3.38. The summed E-state index contributed by atoms with van der Waals surface area (Å²) < 4.78 is 14.6. The molecule has 0 radical (unpaired) electrons. The van der Waals surface area contributed by atoms with E-state index in [1.165, 1.54) is 24.7 Å². The lowest BCUT2D eigenvalue weighted by Crippen LogP contribution is -2.16. The number of hydrogen-bond donors (Lipinski definition) is 2. The van der Waals surface area contributed by atoms with Crippen LogP contribution in [0.3, 0.4) is 0 Å². The first-order valence-corrected chi connectivity index (χ1v) is 6.94. The van der Waals surface area contributed by atoms with Crippen LogP contribution in [0.1, 0.15) is 16.1 Å². The summed E-state index contributed by atoms with van der Waals surface area (Å²) in [6.07, 6.45) is 2.88. The van der Waals surface area contributed by atoms with E-state index in [0.29, 0.717) is 11.4 Å². The molecule has 0 aliphatic heterocycles. The first-order valence-electron chi connectivity index (χ1n) is 6.94. The zero-order valence-electron chi connectivity index (χ0n) is 12.3. The van der Waals surface area contributed by atoms with Gasteiger partial charge in [-0.05, 0) is 48.9 Å². The number of amides is 1. The molecule has 116 valence electrons. The first kappa shape index (κ1) is 14.8. The molecule has 0 aliphatic carbocycles. The van der Waals surface area contributed by atoms with Crippen molar-refractivity contribution < 1.29 is 14.3 Å². The van der Waals surface area contributed by atoms with Crippen LogP contribution in [-0.4, -0.2) is 20.6 Å². The number of nitrogens with one attached hydrogen (secondary N) is 1. The highest BCUT2D eigenvalue weighted by molar-refractivity contribution is 6.04. The van der Waals surface area contributed by atoms with Gasteiger partial charge in [-0.15, -0.1) is 0 Å². The molecule has 3 rings (SSSR count). The number of imidazole rings is 1. The minimum absolute atomic E-state index is 0.00815. The van der Waals surface area contributed by atoms with Crippen molar-refractivity contribution in [1.29, 1.82) is 0 Å². The van der Waals surface area contributed by atoms with Crippen molar-refractivity contribution in [3.63, 3.8) is 0 Å². The molecule has 3 aromatic rings. The maximum absolute atomic E-state index is 13.0. The maximum atomic E-state index is 13.0. The maximum Gasteiger partial charge on any atom is 0.274 e. The van der Waals surface area contributed by atoms with Crippen LogP contribution in [0.5, 0.6) is 5.75 Å². The number of halogens is 1. The van der Waals surface area contributed by atoms with Gasteiger partial charge in [-0.3, -0.25) is 9.36 Å². The molecule has 0 fully saturated rings. The minimum Gasteiger partial charge on any atom is -0.506 e. The van der Waals surface area contributed by atoms with Crippen molar-refractivity contribution in [2.24, 2.45) is 0 Å². The fraction of sp³-hybridized carbons (Fsp3) is 0.0588. The highest BCUT2D eigenvalue weighted by Crippen LogP contribution is 2.24. The topological polar surface area (TPSA) is 67.2 Å². The standard InChI is InChI=1S/C17H14FN3O2/c1-11-2-7-14(16(22)8-11)20-17(23)15-9-19-10-21(15)13-5-3-12(18)4-6-13/h2-10,22H,1H3,(H,20,23). The number of carbonyl (C=O) groups is 1. The van der Waals surface area contributed by atoms with Gasteiger partial charge in [0.25, 0.3) is 5.91 Å². The van der Waals surface area contributed by atoms with Gasteiger partial charge in [-0.2, -0.15) is 0 Å². The van der Waals surface area contributed by atoms with Gasteiger partial charge >= 0.3 is 0 Å². The highest BCUT2D eigenvalue weighted by atomic mass is 19.1. The minimum atomic E-state index is -0.425. The molecule has 0 bridgehead atoms. The predicted octanol–water partition coefficient (Wildman–Crippen LogP) is 3.28. The summed E-state index contributed by atoms with van der Waals surface area (Å²) in [6, 6.07) is 10.7. The average Bonchev–Trinajstić information content (AvgIpc) is 3.00. The van der Waals surface area contributed by atoms with Crippen LogP contribution in [0.15, 0.2) is 55.0 Å². The second kappa shape index (κ2) is 5.92. The fourth-order valence-corrected chi connectivity index (χ4v) is 2.20. The largest absolute Gasteiger partial charge is 0.506 e. The van der Waals surface area contributed by atoms with E-state index in [1.807, 2.05) is 6.92 Å². The van der Waals surface area contributed by atoms with Gasteiger partial charge in [0.1, 0.15) is 17.3 Å². The van der Waals surface area contributed by atoms with Crippen LogP contribution >= 0.6 is 0 Å². The number of carbonyl (C=O) groups excluding carboxylic acids is 1. The Balaban J connectivity index is 1.89. The predicted molar refractivity (Wildman–Crippen MR) is 84.3 cm³/mol. The van der Waals surface area contributed by atoms with Crippen LogP contribution < -0.4 is 5.32 Å². The number of aromatic hydroxyl groups is 1. The molecule has 1 amide bonds. The van der Waals surface area contributed by atoms with E-state index in [4.69, 9.17) is 0 Å². The Bertz CT molecular complexity index is 857. The molecule has 0 atom stereocenters. The number of aromatic nitrogens is 2. The van der Waals surface area contributed by atoms with E-state index in [9.17, 15) is 14.3 Å². The summed E-state index contributed by atoms with van der Waals surface area (Å²) in [5.41, 5.74) is 2.09. The van der Waals surface area contributed by atoms with Crippen LogP contribution in [0.4, 0.5) is 10.1 Å². The number of hydrogen-bond acceptors (Lipinski definition) is 3. The van der Waals surface area contributed by atoms with Crippen LogP contribution in [-0.2, 0) is 0 Å². The van der Waals surface area contributed by atoms with Gasteiger partial charge in [-0.1, -0.05) is 6.07 Å². The van der Waals surface area contributed by atoms with E-state index in [1.54, 1.807) is 34.9 Å². The highest BCUT2D eigenvalue weighted by Gasteiger charge is 2.15. The number of benzene rings is 2. The molecule has 23 heavy (non-hydrogen) atoms. The van der Waals surface area contributed by atoms with E-state index in [-0.39, 0.29) is 17.3 Å². The second-order valence-electron chi connectivity index (χ2n) is 5.10. The van der Waals surface area contributed by atoms with Gasteiger partial charge in [0.15, 0.2) is 0 Å². The van der Waals surface area contributed by atoms with E-state index in [0.717, 1.165) is 5.56 Å². The molecular formula is C17H14FN3O2. The molecule has 2 aromatic carbocycles. The third kappa shape index (κ3) is 3.06. The van der Waals surface area contributed by atoms with E-state index in [2.05, 4.69) is 10.3 Å². The van der Waals surface area contributed by atoms with Crippen molar-refractivity contribution in [1.82, 2.24) is 9.55 Å². The summed E-state index contributed by atoms with van der Waals surface area (Å²) in [4.78, 5) is 16.4. The molecule has 5 nitrogen and oxygen atoms in total. The number of aryl methyl sites for hydroxylation is 1. The zero-order chi connectivity index (χ0) is 16.4. The molecule has 0 saturated heterocycles. The Morgan fingerprint density at radius 2 is 1.96 bits per heavy atom. The Morgan fingerprint density at radius 1 is 1.22 bits per heavy atom. The fourth-order valence-electron chi connectivity index (χ4n) is 2.20. The van der Waals surface area contributed by atoms with Gasteiger partial charge in [0, 0.05) is 5.69 Å². The molecule has 1 heterocycles. The molecule has 0 unspecified atom stereocenters. The molecule has 0 spiro atoms. The zero-order valence-corrected chi connectivity index (χ0v) is 12.3. The smallest absolute Gasteiger partial charge is 0.274 e. The molecule has 0 aliphatic rings. The van der Waals surface area contributed by atoms with Crippen LogP contribution in [0.2, 0.25) is 0 Å². The number of phenolic OH excluding ortho intramolecular Hbond substituents is 1. The lowest BCUT2D eigenvalue weighted by molar-refractivity contribution is 0.102. The number of anilines is 1. The van der Waals surface area contributed by atoms with E-state index < -0.39 is 5.91 Å². The van der Waals surface area contributed by atoms with E-state index >= 15 is 0 Å². The SMILES string of the molecule is Cc1ccc(NC(=O)c2cncn2-c2ccc(F)cc2)c(O)c1. The summed E-state index contributed by atoms with van der Waals surface area (Å²) in [5.74, 6) is -0.790. The summed E-state index contributed by atoms with van der Waals surface area (Å²) in [6.45, 7) is 1.84. The normalized spacial score (nSPS) is 10.5. The quantitative estimate of drug-likeness (QED) is 0.729. The van der Waals surface area contributed by atoms with Crippen molar-refractivity contribution in [3.8, 4) is 11.4 Å². The summed E-state index contributed by atoms with van der Waals surface area (Å²) in [5, 5.41) is 12.5. The van der Waals surface area contributed by atoms with Crippen LogP contribution in [0, 0.1) is 12.7 Å². The summed E-state index contributed by atoms with van der Waals surface area (Å²) >= 11 is 0. The van der Waals surface area contributed by atoms with Gasteiger partial charge in [0.05, 0.1) is 18.2 Å². The molecule has 6 heteroatoms.